The van der Waals surface area contributed by atoms with E-state index in [-0.39, 0.29) is 5.41 Å². The smallest absolute Gasteiger partial charge is 0.162 e. The Labute approximate surface area is 233 Å². The number of likely N-dealkylation sites (tertiary alicyclic amines) is 1. The van der Waals surface area contributed by atoms with Crippen LogP contribution in [-0.2, 0) is 24.7 Å². The highest BCUT2D eigenvalue weighted by molar-refractivity contribution is 5.96. The molecule has 2 bridgehead atoms. The molecule has 0 aromatic heterocycles. The molecule has 3 atom stereocenters. The van der Waals surface area contributed by atoms with Crippen LogP contribution in [0.1, 0.15) is 78.6 Å². The van der Waals surface area contributed by atoms with E-state index in [0.29, 0.717) is 24.2 Å². The Hall–Kier alpha value is -2.91. The number of carbonyl (C=O) groups is 1. The number of Topliss-reactive ketones (excluding diaryl/α,β-unsaturated/α-hetero) is 1. The van der Waals surface area contributed by atoms with Crippen molar-refractivity contribution in [3.8, 4) is 16.9 Å². The van der Waals surface area contributed by atoms with Crippen LogP contribution in [0.25, 0.3) is 11.1 Å². The van der Waals surface area contributed by atoms with Gasteiger partial charge in [0.05, 0.1) is 6.61 Å². The molecule has 2 fully saturated rings. The summed E-state index contributed by atoms with van der Waals surface area (Å²) in [5.41, 5.74) is 9.12. The van der Waals surface area contributed by atoms with Crippen LogP contribution in [0.2, 0.25) is 0 Å². The zero-order chi connectivity index (χ0) is 26.6. The average Bonchev–Trinajstić information content (AvgIpc) is 3.65. The number of hydrogen-bond acceptors (Lipinski definition) is 3. The van der Waals surface area contributed by atoms with Gasteiger partial charge in [0.15, 0.2) is 5.78 Å². The van der Waals surface area contributed by atoms with E-state index in [1.165, 1.54) is 65.7 Å². The van der Waals surface area contributed by atoms with Crippen molar-refractivity contribution in [2.24, 2.45) is 11.8 Å². The lowest BCUT2D eigenvalue weighted by molar-refractivity contribution is 0.0284. The maximum Gasteiger partial charge on any atom is 0.162 e. The number of rotatable bonds is 8. The Balaban J connectivity index is 0.985. The van der Waals surface area contributed by atoms with Gasteiger partial charge in [-0.15, -0.1) is 0 Å². The summed E-state index contributed by atoms with van der Waals surface area (Å²) in [6, 6.07) is 22.7. The van der Waals surface area contributed by atoms with Gasteiger partial charge in [-0.1, -0.05) is 56.3 Å². The first-order valence-electron chi connectivity index (χ1n) is 15.2. The van der Waals surface area contributed by atoms with Crippen LogP contribution in [0.5, 0.6) is 5.75 Å². The minimum absolute atomic E-state index is 0.183. The number of hydrogen-bond donors (Lipinski definition) is 0. The normalized spacial score (nSPS) is 25.6. The molecule has 2 heterocycles. The second-order valence-electron chi connectivity index (χ2n) is 12.9. The third-order valence-corrected chi connectivity index (χ3v) is 10.5. The van der Waals surface area contributed by atoms with Gasteiger partial charge in [-0.25, -0.2) is 0 Å². The van der Waals surface area contributed by atoms with Gasteiger partial charge in [-0.2, -0.15) is 0 Å². The van der Waals surface area contributed by atoms with E-state index in [9.17, 15) is 4.79 Å². The van der Waals surface area contributed by atoms with Crippen LogP contribution in [0, 0.1) is 11.8 Å². The third-order valence-electron chi connectivity index (χ3n) is 10.5. The molecule has 1 saturated heterocycles. The summed E-state index contributed by atoms with van der Waals surface area (Å²) >= 11 is 0. The summed E-state index contributed by atoms with van der Waals surface area (Å²) in [7, 11) is 0. The molecule has 0 spiro atoms. The van der Waals surface area contributed by atoms with Crippen LogP contribution in [-0.4, -0.2) is 36.4 Å². The fraction of sp³-hybridized carbons (Fsp3) is 0.472. The standard InChI is InChI=1S/C36H41NO2/c1-24-33-22-29-12-13-30(21-32(29)36(24,2)17-18-37(33)23-26-6-7-26)34(38)5-3-4-25-8-10-27(11-9-25)28-14-15-35-31(20-28)16-19-39-35/h8-15,20-21,24,26,33H,3-7,16-19,22-23H2,1-2H3/t24-,33+,36?/m0/s1. The zero-order valence-electron chi connectivity index (χ0n) is 23.5. The van der Waals surface area contributed by atoms with Crippen LogP contribution in [0.15, 0.2) is 60.7 Å². The molecule has 1 saturated carbocycles. The average molecular weight is 520 g/mol. The van der Waals surface area contributed by atoms with Gasteiger partial charge in [0, 0.05) is 31.0 Å². The number of fused-ring (bicyclic) bond motifs is 5. The molecule has 1 unspecified atom stereocenters. The Morgan fingerprint density at radius 2 is 1.82 bits per heavy atom. The van der Waals surface area contributed by atoms with Crippen molar-refractivity contribution in [1.82, 2.24) is 4.90 Å². The molecule has 39 heavy (non-hydrogen) atoms. The number of nitrogens with zero attached hydrogens (tertiary/aromatic N) is 1. The van der Waals surface area contributed by atoms with E-state index in [1.54, 1.807) is 0 Å². The van der Waals surface area contributed by atoms with Crippen LogP contribution in [0.4, 0.5) is 0 Å². The highest BCUT2D eigenvalue weighted by Gasteiger charge is 2.49. The van der Waals surface area contributed by atoms with E-state index in [4.69, 9.17) is 4.74 Å². The van der Waals surface area contributed by atoms with Gasteiger partial charge in [0.1, 0.15) is 5.75 Å². The Kier molecular flexibility index (Phi) is 6.39. The fourth-order valence-electron chi connectivity index (χ4n) is 7.57. The highest BCUT2D eigenvalue weighted by Crippen LogP contribution is 2.49. The third kappa shape index (κ3) is 4.73. The second-order valence-corrected chi connectivity index (χ2v) is 12.9. The molecule has 0 N–H and O–H groups in total. The zero-order valence-corrected chi connectivity index (χ0v) is 23.5. The Morgan fingerprint density at radius 3 is 2.64 bits per heavy atom. The maximum absolute atomic E-state index is 13.3. The lowest BCUT2D eigenvalue weighted by Gasteiger charge is -2.55. The van der Waals surface area contributed by atoms with E-state index in [2.05, 4.69) is 79.4 Å². The van der Waals surface area contributed by atoms with E-state index >= 15 is 0 Å². The van der Waals surface area contributed by atoms with Crippen molar-refractivity contribution in [1.29, 1.82) is 0 Å². The van der Waals surface area contributed by atoms with Crippen molar-refractivity contribution in [3.63, 3.8) is 0 Å². The van der Waals surface area contributed by atoms with Gasteiger partial charge in [-0.3, -0.25) is 9.69 Å². The van der Waals surface area contributed by atoms with Crippen molar-refractivity contribution >= 4 is 5.78 Å². The van der Waals surface area contributed by atoms with Crippen LogP contribution >= 0.6 is 0 Å². The summed E-state index contributed by atoms with van der Waals surface area (Å²) in [4.78, 5) is 16.1. The maximum atomic E-state index is 13.3. The molecule has 7 rings (SSSR count). The second kappa shape index (κ2) is 9.93. The van der Waals surface area contributed by atoms with Crippen LogP contribution < -0.4 is 4.74 Å². The van der Waals surface area contributed by atoms with Gasteiger partial charge in [0.2, 0.25) is 0 Å². The van der Waals surface area contributed by atoms with Gasteiger partial charge < -0.3 is 4.74 Å². The Morgan fingerprint density at radius 1 is 1.00 bits per heavy atom. The number of aryl methyl sites for hydroxylation is 1. The molecule has 3 aromatic carbocycles. The molecule has 3 nitrogen and oxygen atoms in total. The Bertz CT molecular complexity index is 1390. The lowest BCUT2D eigenvalue weighted by Crippen LogP contribution is -2.58. The molecule has 4 aliphatic rings. The molecule has 202 valence electrons. The largest absolute Gasteiger partial charge is 0.493 e. The molecule has 3 aromatic rings. The number of carbonyl (C=O) groups excluding carboxylic acids is 1. The van der Waals surface area contributed by atoms with Crippen LogP contribution in [0.3, 0.4) is 0 Å². The number of ether oxygens (including phenoxy) is 1. The molecule has 0 radical (unpaired) electrons. The predicted molar refractivity (Wildman–Crippen MR) is 158 cm³/mol. The predicted octanol–water partition coefficient (Wildman–Crippen LogP) is 7.43. The molecular weight excluding hydrogens is 478 g/mol. The molecule has 2 aliphatic heterocycles. The number of piperidine rings is 1. The molecule has 0 amide bonds. The molecule has 2 aliphatic carbocycles. The lowest BCUT2D eigenvalue weighted by atomic mass is 9.58. The molecular formula is C36H41NO2. The monoisotopic (exact) mass is 519 g/mol. The first kappa shape index (κ1) is 25.1. The summed E-state index contributed by atoms with van der Waals surface area (Å²) in [5, 5.41) is 0. The van der Waals surface area contributed by atoms with Gasteiger partial charge in [0.25, 0.3) is 0 Å². The summed E-state index contributed by atoms with van der Waals surface area (Å²) in [6.45, 7) is 8.22. The van der Waals surface area contributed by atoms with Crippen molar-refractivity contribution in [2.75, 3.05) is 19.7 Å². The van der Waals surface area contributed by atoms with E-state index in [0.717, 1.165) is 49.5 Å². The summed E-state index contributed by atoms with van der Waals surface area (Å²) < 4.78 is 5.65. The fourth-order valence-corrected chi connectivity index (χ4v) is 7.57. The number of ketones is 1. The van der Waals surface area contributed by atoms with Crippen molar-refractivity contribution in [3.05, 3.63) is 88.5 Å². The van der Waals surface area contributed by atoms with Crippen molar-refractivity contribution < 1.29 is 9.53 Å². The summed E-state index contributed by atoms with van der Waals surface area (Å²) in [6.07, 6.45) is 8.62. The van der Waals surface area contributed by atoms with E-state index in [1.807, 2.05) is 0 Å². The summed E-state index contributed by atoms with van der Waals surface area (Å²) in [5.74, 6) is 2.90. The minimum atomic E-state index is 0.183. The van der Waals surface area contributed by atoms with Crippen molar-refractivity contribution in [2.45, 2.75) is 76.7 Å². The number of benzene rings is 3. The molecule has 3 heteroatoms. The first-order chi connectivity index (χ1) is 19.0. The van der Waals surface area contributed by atoms with E-state index < -0.39 is 0 Å². The SMILES string of the molecule is C[C@H]1[C@H]2Cc3ccc(C(=O)CCCc4ccc(-c5ccc6c(c5)CCO6)cc4)cc3C1(C)CCN2CC1CC1. The topological polar surface area (TPSA) is 29.5 Å². The minimum Gasteiger partial charge on any atom is -0.493 e. The van der Waals surface area contributed by atoms with Gasteiger partial charge >= 0.3 is 0 Å². The quantitative estimate of drug-likeness (QED) is 0.290. The first-order valence-corrected chi connectivity index (χ1v) is 15.2. The highest BCUT2D eigenvalue weighted by atomic mass is 16.5. The van der Waals surface area contributed by atoms with Gasteiger partial charge in [-0.05, 0) is 114 Å².